The standard InChI is InChI=1S/C15H24N3O3P/c1-4-7-13(10-16)19-22(20-14(11-17)8-5-2)21-15(12-18)9-6-3/h13-15H,4-9H2,1-3H3. The fraction of sp³-hybridized carbons (Fsp3) is 0.800. The minimum absolute atomic E-state index is 0.554. The average molecular weight is 325 g/mol. The molecule has 7 heteroatoms. The highest BCUT2D eigenvalue weighted by Crippen LogP contribution is 2.45. The SMILES string of the molecule is CCCC(C#N)OP(OC(C#N)CCC)OC(C#N)CCC. The van der Waals surface area contributed by atoms with Crippen LogP contribution in [0.1, 0.15) is 59.3 Å². The predicted molar refractivity (Wildman–Crippen MR) is 83.1 cm³/mol. The molecule has 0 saturated carbocycles. The topological polar surface area (TPSA) is 99.1 Å². The Balaban J connectivity index is 4.85. The molecular weight excluding hydrogens is 301 g/mol. The first kappa shape index (κ1) is 20.8. The number of hydrogen-bond donors (Lipinski definition) is 0. The van der Waals surface area contributed by atoms with Crippen LogP contribution in [0.5, 0.6) is 0 Å². The van der Waals surface area contributed by atoms with Crippen LogP contribution in [0.25, 0.3) is 0 Å². The van der Waals surface area contributed by atoms with Crippen molar-refractivity contribution in [3.63, 3.8) is 0 Å². The van der Waals surface area contributed by atoms with E-state index in [0.717, 1.165) is 19.3 Å². The van der Waals surface area contributed by atoms with E-state index < -0.39 is 26.9 Å². The van der Waals surface area contributed by atoms with Gasteiger partial charge in [0.05, 0.1) is 18.2 Å². The number of nitriles is 3. The molecule has 0 radical (unpaired) electrons. The second-order valence-corrected chi connectivity index (χ2v) is 5.84. The highest BCUT2D eigenvalue weighted by molar-refractivity contribution is 7.41. The predicted octanol–water partition coefficient (Wildman–Crippen LogP) is 4.34. The van der Waals surface area contributed by atoms with Crippen LogP contribution in [0.4, 0.5) is 0 Å². The largest absolute Gasteiger partial charge is 0.336 e. The van der Waals surface area contributed by atoms with Gasteiger partial charge in [-0.25, -0.2) is 0 Å². The van der Waals surface area contributed by atoms with Crippen LogP contribution in [0.3, 0.4) is 0 Å². The lowest BCUT2D eigenvalue weighted by Crippen LogP contribution is -2.17. The molecule has 0 aromatic rings. The van der Waals surface area contributed by atoms with E-state index in [9.17, 15) is 0 Å². The van der Waals surface area contributed by atoms with Gasteiger partial charge in [-0.2, -0.15) is 15.8 Å². The third kappa shape index (κ3) is 8.93. The average Bonchev–Trinajstić information content (AvgIpc) is 2.53. The normalized spacial score (nSPS) is 15.8. The van der Waals surface area contributed by atoms with Gasteiger partial charge < -0.3 is 0 Å². The van der Waals surface area contributed by atoms with Crippen LogP contribution < -0.4 is 0 Å². The van der Waals surface area contributed by atoms with Gasteiger partial charge in [0.1, 0.15) is 0 Å². The molecule has 0 rings (SSSR count). The highest BCUT2D eigenvalue weighted by Gasteiger charge is 2.26. The lowest BCUT2D eigenvalue weighted by atomic mass is 10.2. The molecule has 122 valence electrons. The summed E-state index contributed by atoms with van der Waals surface area (Å²) in [6.07, 6.45) is 2.06. The van der Waals surface area contributed by atoms with Crippen LogP contribution in [-0.4, -0.2) is 18.3 Å². The summed E-state index contributed by atoms with van der Waals surface area (Å²) >= 11 is 0. The molecule has 0 saturated heterocycles. The zero-order valence-electron chi connectivity index (χ0n) is 13.5. The van der Waals surface area contributed by atoms with E-state index in [1.165, 1.54) is 0 Å². The van der Waals surface area contributed by atoms with E-state index in [4.69, 9.17) is 29.4 Å². The van der Waals surface area contributed by atoms with E-state index in [2.05, 4.69) is 0 Å². The van der Waals surface area contributed by atoms with Gasteiger partial charge in [-0.15, -0.1) is 0 Å². The molecular formula is C15H24N3O3P. The van der Waals surface area contributed by atoms with Crippen molar-refractivity contribution in [2.24, 2.45) is 0 Å². The molecule has 0 fully saturated rings. The maximum absolute atomic E-state index is 9.09. The van der Waals surface area contributed by atoms with Gasteiger partial charge in [0.2, 0.25) is 0 Å². The molecule has 0 aliphatic heterocycles. The minimum atomic E-state index is -1.90. The molecule has 0 spiro atoms. The van der Waals surface area contributed by atoms with Crippen molar-refractivity contribution in [2.75, 3.05) is 0 Å². The van der Waals surface area contributed by atoms with Gasteiger partial charge in [0, 0.05) is 0 Å². The molecule has 0 aromatic carbocycles. The fourth-order valence-corrected chi connectivity index (χ4v) is 2.83. The summed E-state index contributed by atoms with van der Waals surface area (Å²) in [5, 5.41) is 27.3. The van der Waals surface area contributed by atoms with Gasteiger partial charge in [-0.1, -0.05) is 40.0 Å². The minimum Gasteiger partial charge on any atom is -0.293 e. The Hall–Kier alpha value is -1.22. The zero-order chi connectivity index (χ0) is 16.8. The molecule has 0 bridgehead atoms. The van der Waals surface area contributed by atoms with E-state index in [0.29, 0.717) is 19.3 Å². The first-order valence-corrected chi connectivity index (χ1v) is 8.73. The summed E-state index contributed by atoms with van der Waals surface area (Å²) in [5.74, 6) is 0. The molecule has 0 N–H and O–H groups in total. The van der Waals surface area contributed by atoms with Crippen molar-refractivity contribution in [1.82, 2.24) is 0 Å². The van der Waals surface area contributed by atoms with E-state index in [1.807, 2.05) is 39.0 Å². The van der Waals surface area contributed by atoms with E-state index in [1.54, 1.807) is 0 Å². The summed E-state index contributed by atoms with van der Waals surface area (Å²) in [7, 11) is -1.90. The van der Waals surface area contributed by atoms with Gasteiger partial charge in [0.15, 0.2) is 18.3 Å². The Kier molecular flexibility index (Phi) is 12.7. The number of hydrogen-bond acceptors (Lipinski definition) is 6. The van der Waals surface area contributed by atoms with Crippen molar-refractivity contribution in [3.8, 4) is 18.2 Å². The number of nitrogens with zero attached hydrogens (tertiary/aromatic N) is 3. The quantitative estimate of drug-likeness (QED) is 0.495. The van der Waals surface area contributed by atoms with Crippen molar-refractivity contribution in [2.45, 2.75) is 77.6 Å². The molecule has 0 amide bonds. The van der Waals surface area contributed by atoms with Gasteiger partial charge >= 0.3 is 8.60 Å². The first-order chi connectivity index (χ1) is 10.6. The van der Waals surface area contributed by atoms with Gasteiger partial charge in [-0.05, 0) is 19.3 Å². The fourth-order valence-electron chi connectivity index (χ4n) is 1.60. The molecule has 0 aromatic heterocycles. The molecule has 0 aliphatic rings. The Morgan fingerprint density at radius 3 is 1.14 bits per heavy atom. The molecule has 6 nitrogen and oxygen atoms in total. The van der Waals surface area contributed by atoms with Crippen LogP contribution in [0, 0.1) is 34.0 Å². The zero-order valence-corrected chi connectivity index (χ0v) is 14.4. The van der Waals surface area contributed by atoms with Crippen molar-refractivity contribution >= 4 is 8.60 Å². The maximum Gasteiger partial charge on any atom is 0.336 e. The van der Waals surface area contributed by atoms with Crippen LogP contribution in [-0.2, 0) is 13.6 Å². The van der Waals surface area contributed by atoms with Crippen LogP contribution in [0.2, 0.25) is 0 Å². The Morgan fingerprint density at radius 1 is 0.682 bits per heavy atom. The smallest absolute Gasteiger partial charge is 0.293 e. The summed E-state index contributed by atoms with van der Waals surface area (Å²) in [6, 6.07) is 6.14. The molecule has 22 heavy (non-hydrogen) atoms. The summed E-state index contributed by atoms with van der Waals surface area (Å²) < 4.78 is 16.7. The Bertz CT molecular complexity index is 352. The van der Waals surface area contributed by atoms with Gasteiger partial charge in [0.25, 0.3) is 0 Å². The monoisotopic (exact) mass is 325 g/mol. The number of rotatable bonds is 12. The molecule has 3 unspecified atom stereocenters. The third-order valence-corrected chi connectivity index (χ3v) is 4.00. The lowest BCUT2D eigenvalue weighted by Gasteiger charge is -2.23. The van der Waals surface area contributed by atoms with Gasteiger partial charge in [-0.3, -0.25) is 13.6 Å². The summed E-state index contributed by atoms with van der Waals surface area (Å²) in [4.78, 5) is 0. The van der Waals surface area contributed by atoms with Crippen molar-refractivity contribution in [1.29, 1.82) is 15.8 Å². The third-order valence-electron chi connectivity index (χ3n) is 2.72. The van der Waals surface area contributed by atoms with Crippen molar-refractivity contribution < 1.29 is 13.6 Å². The second-order valence-electron chi connectivity index (χ2n) is 4.76. The highest BCUT2D eigenvalue weighted by atomic mass is 31.2. The Morgan fingerprint density at radius 2 is 0.955 bits per heavy atom. The Labute approximate surface area is 134 Å². The lowest BCUT2D eigenvalue weighted by molar-refractivity contribution is 0.0997. The second kappa shape index (κ2) is 13.4. The molecule has 0 heterocycles. The summed E-state index contributed by atoms with van der Waals surface area (Å²) in [5.41, 5.74) is 0. The molecule has 0 aliphatic carbocycles. The molecule has 3 atom stereocenters. The first-order valence-electron chi connectivity index (χ1n) is 7.64. The maximum atomic E-state index is 9.09. The van der Waals surface area contributed by atoms with Crippen LogP contribution in [0.15, 0.2) is 0 Å². The summed E-state index contributed by atoms with van der Waals surface area (Å²) in [6.45, 7) is 5.84. The van der Waals surface area contributed by atoms with Crippen molar-refractivity contribution in [3.05, 3.63) is 0 Å². The van der Waals surface area contributed by atoms with E-state index in [-0.39, 0.29) is 0 Å². The van der Waals surface area contributed by atoms with Crippen LogP contribution >= 0.6 is 8.60 Å². The van der Waals surface area contributed by atoms with E-state index >= 15 is 0 Å².